The van der Waals surface area contributed by atoms with E-state index in [1.165, 1.54) is 30.9 Å². The van der Waals surface area contributed by atoms with Gasteiger partial charge >= 0.3 is 0 Å². The molecule has 0 rings (SSSR count). The van der Waals surface area contributed by atoms with Gasteiger partial charge in [0, 0.05) is 10.2 Å². The van der Waals surface area contributed by atoms with E-state index < -0.39 is 0 Å². The van der Waals surface area contributed by atoms with Crippen LogP contribution in [-0.4, -0.2) is 10.2 Å². The smallest absolute Gasteiger partial charge is 0.0332 e. The Hall–Kier alpha value is -0.0431. The fraction of sp³-hybridized carbons (Fsp3) is 0.800. The fourth-order valence-electron chi connectivity index (χ4n) is 1.03. The maximum Gasteiger partial charge on any atom is 0.0332 e. The Labute approximate surface area is 74.5 Å². The average molecular weight is 170 g/mol. The molecule has 0 unspecified atom stereocenters. The lowest BCUT2D eigenvalue weighted by atomic mass is 9.87. The molecule has 11 heavy (non-hydrogen) atoms. The van der Waals surface area contributed by atoms with E-state index in [2.05, 4.69) is 27.4 Å². The summed E-state index contributed by atoms with van der Waals surface area (Å²) in [6.45, 7) is 11.0. The van der Waals surface area contributed by atoms with Gasteiger partial charge in [0.1, 0.15) is 0 Å². The molecule has 0 aromatic heterocycles. The van der Waals surface area contributed by atoms with Crippen LogP contribution in [0.2, 0.25) is 0 Å². The first kappa shape index (κ1) is 11.0. The molecular weight excluding hydrogens is 148 g/mol. The Bertz CT molecular complexity index is 125. The van der Waals surface area contributed by atoms with Crippen LogP contribution in [0.5, 0.6) is 0 Å². The third kappa shape index (κ3) is 4.41. The van der Waals surface area contributed by atoms with Crippen molar-refractivity contribution in [2.45, 2.75) is 46.5 Å². The molecule has 0 amide bonds. The van der Waals surface area contributed by atoms with Crippen molar-refractivity contribution in [2.24, 2.45) is 5.41 Å². The van der Waals surface area contributed by atoms with Gasteiger partial charge < -0.3 is 0 Å². The first-order chi connectivity index (χ1) is 5.00. The lowest BCUT2D eigenvalue weighted by molar-refractivity contribution is 0.405. The topological polar surface area (TPSA) is 0 Å². The predicted molar refractivity (Wildman–Crippen MR) is 57.0 cm³/mol. The fourth-order valence-corrected chi connectivity index (χ4v) is 1.28. The van der Waals surface area contributed by atoms with E-state index in [4.69, 9.17) is 0 Å². The monoisotopic (exact) mass is 170 g/mol. The van der Waals surface area contributed by atoms with Crippen molar-refractivity contribution in [3.63, 3.8) is 0 Å². The molecule has 0 bridgehead atoms. The minimum atomic E-state index is 0.418. The highest BCUT2D eigenvalue weighted by molar-refractivity contribution is 6.21. The highest BCUT2D eigenvalue weighted by Gasteiger charge is 2.16. The van der Waals surface area contributed by atoms with Gasteiger partial charge in [-0.2, -0.15) is 0 Å². The Balaban J connectivity index is 3.64. The van der Waals surface area contributed by atoms with E-state index in [0.717, 1.165) is 10.2 Å². The summed E-state index contributed by atoms with van der Waals surface area (Å²) in [5.74, 6) is 0. The minimum Gasteiger partial charge on any atom is -0.104 e. The zero-order valence-electron chi connectivity index (χ0n) is 8.54. The van der Waals surface area contributed by atoms with Gasteiger partial charge in [-0.3, -0.25) is 0 Å². The lowest BCUT2D eigenvalue weighted by Gasteiger charge is -2.24. The van der Waals surface area contributed by atoms with Crippen molar-refractivity contribution in [2.75, 3.05) is 0 Å². The molecular formula is C10H22Si. The van der Waals surface area contributed by atoms with Crippen LogP contribution in [0, 0.1) is 5.41 Å². The average Bonchev–Trinajstić information content (AvgIpc) is 1.88. The number of allylic oxidation sites excluding steroid dienone is 1. The van der Waals surface area contributed by atoms with E-state index >= 15 is 0 Å². The van der Waals surface area contributed by atoms with Crippen LogP contribution < -0.4 is 0 Å². The molecule has 66 valence electrons. The summed E-state index contributed by atoms with van der Waals surface area (Å²) >= 11 is 0. The number of hydrogen-bond acceptors (Lipinski definition) is 0. The standard InChI is InChI=1S/C10H22Si/c1-5-6-7-8-10(3,4)9(2)11/h2,5-8H2,1,3-4,11H3. The second-order valence-electron chi connectivity index (χ2n) is 4.12. The molecule has 0 fully saturated rings. The molecule has 0 aromatic carbocycles. The summed E-state index contributed by atoms with van der Waals surface area (Å²) in [5, 5.41) is 1.45. The molecule has 0 aromatic rings. The molecule has 0 nitrogen and oxygen atoms in total. The van der Waals surface area contributed by atoms with E-state index in [1.807, 2.05) is 0 Å². The van der Waals surface area contributed by atoms with E-state index in [-0.39, 0.29) is 0 Å². The van der Waals surface area contributed by atoms with Gasteiger partial charge in [0.05, 0.1) is 0 Å². The van der Waals surface area contributed by atoms with Gasteiger partial charge in [0.2, 0.25) is 0 Å². The first-order valence-electron chi connectivity index (χ1n) is 4.66. The minimum absolute atomic E-state index is 0.418. The molecule has 0 saturated carbocycles. The summed E-state index contributed by atoms with van der Waals surface area (Å²) in [7, 11) is 1.15. The van der Waals surface area contributed by atoms with E-state index in [0.29, 0.717) is 5.41 Å². The van der Waals surface area contributed by atoms with Gasteiger partial charge in [-0.15, -0.1) is 6.58 Å². The zero-order valence-corrected chi connectivity index (χ0v) is 10.5. The molecule has 0 radical (unpaired) electrons. The quantitative estimate of drug-likeness (QED) is 0.439. The van der Waals surface area contributed by atoms with Crippen LogP contribution in [-0.2, 0) is 0 Å². The number of hydrogen-bond donors (Lipinski definition) is 0. The van der Waals surface area contributed by atoms with Crippen LogP contribution in [0.1, 0.15) is 46.5 Å². The van der Waals surface area contributed by atoms with Crippen molar-refractivity contribution in [1.29, 1.82) is 0 Å². The van der Waals surface area contributed by atoms with Gasteiger partial charge in [-0.1, -0.05) is 45.2 Å². The Morgan fingerprint density at radius 3 is 2.27 bits per heavy atom. The van der Waals surface area contributed by atoms with Gasteiger partial charge in [0.15, 0.2) is 0 Å². The third-order valence-electron chi connectivity index (χ3n) is 2.56. The Kier molecular flexibility index (Phi) is 4.74. The van der Waals surface area contributed by atoms with Crippen LogP contribution in [0.25, 0.3) is 0 Å². The third-order valence-corrected chi connectivity index (χ3v) is 3.91. The van der Waals surface area contributed by atoms with Crippen LogP contribution in [0.4, 0.5) is 0 Å². The molecule has 0 saturated heterocycles. The summed E-state index contributed by atoms with van der Waals surface area (Å²) in [6, 6.07) is 0. The number of unbranched alkanes of at least 4 members (excludes halogenated alkanes) is 2. The second kappa shape index (κ2) is 4.76. The Morgan fingerprint density at radius 2 is 1.91 bits per heavy atom. The summed E-state index contributed by atoms with van der Waals surface area (Å²) in [4.78, 5) is 0. The van der Waals surface area contributed by atoms with Gasteiger partial charge in [0.25, 0.3) is 0 Å². The van der Waals surface area contributed by atoms with E-state index in [9.17, 15) is 0 Å². The molecule has 1 heteroatoms. The van der Waals surface area contributed by atoms with Gasteiger partial charge in [-0.05, 0) is 11.8 Å². The molecule has 0 aliphatic rings. The van der Waals surface area contributed by atoms with Crippen LogP contribution in [0.3, 0.4) is 0 Å². The lowest BCUT2D eigenvalue weighted by Crippen LogP contribution is -2.13. The highest BCUT2D eigenvalue weighted by atomic mass is 28.1. The molecule has 0 aliphatic carbocycles. The largest absolute Gasteiger partial charge is 0.104 e. The maximum absolute atomic E-state index is 4.07. The summed E-state index contributed by atoms with van der Waals surface area (Å²) in [5.41, 5.74) is 0.418. The molecule has 0 atom stereocenters. The normalized spacial score (nSPS) is 11.9. The highest BCUT2D eigenvalue weighted by Crippen LogP contribution is 2.29. The van der Waals surface area contributed by atoms with Crippen molar-refractivity contribution >= 4 is 10.2 Å². The summed E-state index contributed by atoms with van der Waals surface area (Å²) < 4.78 is 0. The van der Waals surface area contributed by atoms with Crippen molar-refractivity contribution in [3.8, 4) is 0 Å². The molecule has 0 N–H and O–H groups in total. The molecule has 0 spiro atoms. The summed E-state index contributed by atoms with van der Waals surface area (Å²) in [6.07, 6.45) is 5.38. The predicted octanol–water partition coefficient (Wildman–Crippen LogP) is 2.47. The van der Waals surface area contributed by atoms with Crippen molar-refractivity contribution in [3.05, 3.63) is 11.8 Å². The number of rotatable bonds is 5. The second-order valence-corrected chi connectivity index (χ2v) is 5.33. The van der Waals surface area contributed by atoms with Crippen molar-refractivity contribution in [1.82, 2.24) is 0 Å². The molecule has 0 aliphatic heterocycles. The Morgan fingerprint density at radius 1 is 1.36 bits per heavy atom. The maximum atomic E-state index is 4.07. The first-order valence-corrected chi connectivity index (χ1v) is 5.66. The van der Waals surface area contributed by atoms with Gasteiger partial charge in [-0.25, -0.2) is 0 Å². The van der Waals surface area contributed by atoms with E-state index in [1.54, 1.807) is 0 Å². The van der Waals surface area contributed by atoms with Crippen molar-refractivity contribution < 1.29 is 0 Å². The van der Waals surface area contributed by atoms with Crippen LogP contribution in [0.15, 0.2) is 11.8 Å². The SMILES string of the molecule is C=C([SiH3])C(C)(C)CCCCC. The van der Waals surface area contributed by atoms with Crippen LogP contribution >= 0.6 is 0 Å². The zero-order chi connectivity index (χ0) is 8.91. The molecule has 0 heterocycles.